The number of aromatic nitrogens is 1. The van der Waals surface area contributed by atoms with Crippen LogP contribution < -0.4 is 5.32 Å². The Morgan fingerprint density at radius 1 is 1.04 bits per heavy atom. The van der Waals surface area contributed by atoms with Gasteiger partial charge in [-0.25, -0.2) is 9.37 Å². The van der Waals surface area contributed by atoms with Crippen LogP contribution in [0.3, 0.4) is 0 Å². The lowest BCUT2D eigenvalue weighted by Gasteiger charge is -2.08. The summed E-state index contributed by atoms with van der Waals surface area (Å²) >= 11 is 1.67. The van der Waals surface area contributed by atoms with E-state index in [-0.39, 0.29) is 17.6 Å². The van der Waals surface area contributed by atoms with Crippen LogP contribution in [0.2, 0.25) is 0 Å². The number of halogens is 1. The number of nitrogens with one attached hydrogen (secondary N) is 1. The Balaban J connectivity index is 1.55. The van der Waals surface area contributed by atoms with Crippen molar-refractivity contribution in [2.24, 2.45) is 0 Å². The summed E-state index contributed by atoms with van der Waals surface area (Å²) in [5.41, 5.74) is 1.37. The van der Waals surface area contributed by atoms with Gasteiger partial charge in [0.2, 0.25) is 5.89 Å². The van der Waals surface area contributed by atoms with E-state index in [0.717, 1.165) is 6.42 Å². The Kier molecular flexibility index (Phi) is 5.30. The zero-order chi connectivity index (χ0) is 19.3. The highest BCUT2D eigenvalue weighted by Gasteiger charge is 2.17. The summed E-state index contributed by atoms with van der Waals surface area (Å²) in [7, 11) is 0. The number of hydrogen-bond donors (Lipinski definition) is 1. The topological polar surface area (TPSA) is 55.1 Å². The summed E-state index contributed by atoms with van der Waals surface area (Å²) in [6.07, 6.45) is 2.25. The summed E-state index contributed by atoms with van der Waals surface area (Å²) in [6.45, 7) is 0.541. The molecule has 28 heavy (non-hydrogen) atoms. The maximum atomic E-state index is 14.0. The third kappa shape index (κ3) is 3.87. The molecule has 2 heterocycles. The molecule has 0 aliphatic carbocycles. The number of rotatable bonds is 6. The van der Waals surface area contributed by atoms with Gasteiger partial charge in [-0.3, -0.25) is 4.79 Å². The Morgan fingerprint density at radius 3 is 2.61 bits per heavy atom. The Hall–Kier alpha value is -3.25. The quantitative estimate of drug-likeness (QED) is 0.492. The van der Waals surface area contributed by atoms with Gasteiger partial charge in [0, 0.05) is 17.0 Å². The lowest BCUT2D eigenvalue weighted by Crippen LogP contribution is -2.26. The summed E-state index contributed by atoms with van der Waals surface area (Å²) in [6, 6.07) is 17.5. The molecule has 0 bridgehead atoms. The third-order valence-electron chi connectivity index (χ3n) is 4.28. The van der Waals surface area contributed by atoms with E-state index >= 15 is 0 Å². The van der Waals surface area contributed by atoms with Gasteiger partial charge < -0.3 is 9.73 Å². The monoisotopic (exact) mass is 392 g/mol. The van der Waals surface area contributed by atoms with Crippen LogP contribution in [0.25, 0.3) is 22.8 Å². The number of nitrogens with zero attached hydrogens (tertiary/aromatic N) is 1. The first-order chi connectivity index (χ1) is 13.7. The Labute approximate surface area is 165 Å². The van der Waals surface area contributed by atoms with Gasteiger partial charge in [0.1, 0.15) is 5.82 Å². The van der Waals surface area contributed by atoms with Crippen LogP contribution >= 0.6 is 11.3 Å². The zero-order valence-corrected chi connectivity index (χ0v) is 15.7. The predicted molar refractivity (Wildman–Crippen MR) is 108 cm³/mol. The molecule has 1 amide bonds. The van der Waals surface area contributed by atoms with Crippen molar-refractivity contribution in [2.45, 2.75) is 6.42 Å². The number of carbonyl (C=O) groups excluding carboxylic acids is 1. The number of hydrogen-bond acceptors (Lipinski definition) is 4. The van der Waals surface area contributed by atoms with Gasteiger partial charge in [0.25, 0.3) is 5.91 Å². The summed E-state index contributed by atoms with van der Waals surface area (Å²) in [4.78, 5) is 18.1. The van der Waals surface area contributed by atoms with Crippen molar-refractivity contribution in [1.82, 2.24) is 10.3 Å². The van der Waals surface area contributed by atoms with Crippen LogP contribution in [0, 0.1) is 5.82 Å². The third-order valence-corrected chi connectivity index (χ3v) is 5.22. The van der Waals surface area contributed by atoms with Gasteiger partial charge in [-0.15, -0.1) is 11.3 Å². The van der Waals surface area contributed by atoms with Crippen molar-refractivity contribution in [3.63, 3.8) is 0 Å². The van der Waals surface area contributed by atoms with Gasteiger partial charge in [0.15, 0.2) is 5.76 Å². The number of thiophene rings is 1. The molecular formula is C22H17FN2O2S. The molecule has 4 aromatic rings. The molecule has 0 atom stereocenters. The minimum absolute atomic E-state index is 0.196. The second kappa shape index (κ2) is 8.19. The lowest BCUT2D eigenvalue weighted by atomic mass is 10.1. The average molecular weight is 392 g/mol. The van der Waals surface area contributed by atoms with Gasteiger partial charge in [0.05, 0.1) is 17.3 Å². The average Bonchev–Trinajstić information content (AvgIpc) is 3.40. The lowest BCUT2D eigenvalue weighted by molar-refractivity contribution is 0.0954. The van der Waals surface area contributed by atoms with E-state index in [1.165, 1.54) is 17.1 Å². The first-order valence-electron chi connectivity index (χ1n) is 8.83. The van der Waals surface area contributed by atoms with Crippen LogP contribution in [0.5, 0.6) is 0 Å². The van der Waals surface area contributed by atoms with E-state index in [4.69, 9.17) is 4.42 Å². The van der Waals surface area contributed by atoms with Crippen LogP contribution in [-0.2, 0) is 6.42 Å². The molecule has 2 aromatic carbocycles. The first-order valence-corrected chi connectivity index (χ1v) is 9.71. The normalized spacial score (nSPS) is 10.8. The summed E-state index contributed by atoms with van der Waals surface area (Å²) in [5.74, 6) is 0.0193. The second-order valence-electron chi connectivity index (χ2n) is 6.14. The molecule has 0 aliphatic heterocycles. The highest BCUT2D eigenvalue weighted by atomic mass is 32.1. The van der Waals surface area contributed by atoms with Crippen molar-refractivity contribution < 1.29 is 13.6 Å². The van der Waals surface area contributed by atoms with Crippen LogP contribution in [0.1, 0.15) is 15.2 Å². The predicted octanol–water partition coefficient (Wildman–Crippen LogP) is 5.18. The smallest absolute Gasteiger partial charge is 0.252 e. The molecule has 0 aliphatic rings. The molecule has 140 valence electrons. The number of amides is 1. The summed E-state index contributed by atoms with van der Waals surface area (Å²) in [5, 5.41) is 4.95. The maximum Gasteiger partial charge on any atom is 0.252 e. The Morgan fingerprint density at radius 2 is 1.82 bits per heavy atom. The molecule has 2 aromatic heterocycles. The van der Waals surface area contributed by atoms with Gasteiger partial charge in [-0.05, 0) is 42.1 Å². The van der Waals surface area contributed by atoms with E-state index in [0.29, 0.717) is 29.0 Å². The van der Waals surface area contributed by atoms with E-state index in [1.54, 1.807) is 47.7 Å². The fourth-order valence-electron chi connectivity index (χ4n) is 2.90. The number of carbonyl (C=O) groups is 1. The fourth-order valence-corrected chi connectivity index (χ4v) is 3.61. The van der Waals surface area contributed by atoms with E-state index < -0.39 is 0 Å². The maximum absolute atomic E-state index is 14.0. The van der Waals surface area contributed by atoms with Crippen molar-refractivity contribution in [1.29, 1.82) is 0 Å². The number of benzene rings is 2. The standard InChI is InChI=1S/C22H17FN2O2S/c23-19-10-4-3-9-18(19)20-14-25-22(27-20)17-8-2-1-7-16(17)21(26)24-12-11-15-6-5-13-28-15/h1-10,13-14H,11-12H2,(H,24,26). The molecule has 4 nitrogen and oxygen atoms in total. The molecule has 0 fully saturated rings. The van der Waals surface area contributed by atoms with E-state index in [2.05, 4.69) is 10.3 Å². The van der Waals surface area contributed by atoms with Crippen LogP contribution in [0.4, 0.5) is 4.39 Å². The van der Waals surface area contributed by atoms with Gasteiger partial charge >= 0.3 is 0 Å². The van der Waals surface area contributed by atoms with Crippen molar-refractivity contribution in [3.05, 3.63) is 88.5 Å². The first kappa shape index (κ1) is 18.1. The van der Waals surface area contributed by atoms with Crippen molar-refractivity contribution in [2.75, 3.05) is 6.54 Å². The summed E-state index contributed by atoms with van der Waals surface area (Å²) < 4.78 is 19.8. The zero-order valence-electron chi connectivity index (χ0n) is 14.9. The number of oxazole rings is 1. The van der Waals surface area contributed by atoms with Gasteiger partial charge in [-0.2, -0.15) is 0 Å². The van der Waals surface area contributed by atoms with Crippen LogP contribution in [0.15, 0.2) is 76.7 Å². The molecule has 0 spiro atoms. The van der Waals surface area contributed by atoms with E-state index in [9.17, 15) is 9.18 Å². The Bertz CT molecular complexity index is 1090. The molecule has 0 unspecified atom stereocenters. The molecule has 0 saturated carbocycles. The minimum atomic E-state index is -0.384. The van der Waals surface area contributed by atoms with Crippen molar-refractivity contribution in [3.8, 4) is 22.8 Å². The molecule has 1 N–H and O–H groups in total. The van der Waals surface area contributed by atoms with Gasteiger partial charge in [-0.1, -0.05) is 30.3 Å². The molecule has 0 saturated heterocycles. The second-order valence-corrected chi connectivity index (χ2v) is 7.17. The largest absolute Gasteiger partial charge is 0.436 e. The van der Waals surface area contributed by atoms with Crippen molar-refractivity contribution >= 4 is 17.2 Å². The fraction of sp³-hybridized carbons (Fsp3) is 0.0909. The SMILES string of the molecule is O=C(NCCc1cccs1)c1ccccc1-c1ncc(-c2ccccc2F)o1. The highest BCUT2D eigenvalue weighted by molar-refractivity contribution is 7.09. The molecule has 0 radical (unpaired) electrons. The molecular weight excluding hydrogens is 375 g/mol. The highest BCUT2D eigenvalue weighted by Crippen LogP contribution is 2.29. The molecule has 6 heteroatoms. The van der Waals surface area contributed by atoms with E-state index in [1.807, 2.05) is 23.6 Å². The molecule has 4 rings (SSSR count). The van der Waals surface area contributed by atoms with Crippen LogP contribution in [-0.4, -0.2) is 17.4 Å². The minimum Gasteiger partial charge on any atom is -0.436 e.